The summed E-state index contributed by atoms with van der Waals surface area (Å²) in [7, 11) is 0. The fourth-order valence-electron chi connectivity index (χ4n) is 3.57. The zero-order valence-electron chi connectivity index (χ0n) is 12.9. The van der Waals surface area contributed by atoms with Crippen molar-refractivity contribution in [3.05, 3.63) is 29.6 Å². The van der Waals surface area contributed by atoms with Crippen molar-refractivity contribution >= 4 is 11.0 Å². The Bertz CT molecular complexity index is 628. The van der Waals surface area contributed by atoms with Crippen molar-refractivity contribution in [3.63, 3.8) is 0 Å². The van der Waals surface area contributed by atoms with Crippen LogP contribution >= 0.6 is 0 Å². The maximum atomic E-state index is 5.53. The van der Waals surface area contributed by atoms with Gasteiger partial charge in [0.25, 0.3) is 0 Å². The first-order valence-corrected chi connectivity index (χ1v) is 8.25. The molecule has 0 spiro atoms. The lowest BCUT2D eigenvalue weighted by Gasteiger charge is -2.28. The van der Waals surface area contributed by atoms with Crippen LogP contribution in [-0.4, -0.2) is 54.4 Å². The van der Waals surface area contributed by atoms with E-state index in [1.807, 2.05) is 12.3 Å². The molecule has 22 heavy (non-hydrogen) atoms. The van der Waals surface area contributed by atoms with Gasteiger partial charge in [-0.2, -0.15) is 0 Å². The van der Waals surface area contributed by atoms with Gasteiger partial charge >= 0.3 is 0 Å². The molecule has 0 atom stereocenters. The van der Waals surface area contributed by atoms with Crippen molar-refractivity contribution in [1.29, 1.82) is 0 Å². The molecule has 118 valence electrons. The van der Waals surface area contributed by atoms with E-state index in [0.29, 0.717) is 5.92 Å². The van der Waals surface area contributed by atoms with E-state index in [1.54, 1.807) is 0 Å². The predicted molar refractivity (Wildman–Crippen MR) is 85.0 cm³/mol. The first kappa shape index (κ1) is 14.2. The Hall–Kier alpha value is -1.43. The molecule has 2 aromatic rings. The first-order chi connectivity index (χ1) is 10.9. The van der Waals surface area contributed by atoms with Crippen LogP contribution < -0.4 is 0 Å². The Labute approximate surface area is 130 Å². The second-order valence-electron chi connectivity index (χ2n) is 6.19. The fraction of sp³-hybridized carbons (Fsp3) is 0.588. The molecule has 5 heteroatoms. The molecule has 0 unspecified atom stereocenters. The lowest BCUT2D eigenvalue weighted by molar-refractivity contribution is 0.0340. The molecule has 0 radical (unpaired) electrons. The highest BCUT2D eigenvalue weighted by atomic mass is 16.5. The number of hydrogen-bond acceptors (Lipinski definition) is 4. The van der Waals surface area contributed by atoms with Crippen LogP contribution in [0.4, 0.5) is 0 Å². The third kappa shape index (κ3) is 2.76. The Morgan fingerprint density at radius 2 is 1.91 bits per heavy atom. The smallest absolute Gasteiger partial charge is 0.0926 e. The van der Waals surface area contributed by atoms with Crippen LogP contribution in [0.25, 0.3) is 11.0 Å². The maximum Gasteiger partial charge on any atom is 0.0926 e. The van der Waals surface area contributed by atoms with Gasteiger partial charge in [-0.15, -0.1) is 0 Å². The Balaban J connectivity index is 1.69. The van der Waals surface area contributed by atoms with Gasteiger partial charge in [0.05, 0.1) is 24.2 Å². The van der Waals surface area contributed by atoms with Crippen molar-refractivity contribution in [1.82, 2.24) is 14.9 Å². The van der Waals surface area contributed by atoms with E-state index in [0.717, 1.165) is 69.9 Å². The standard InChI is InChI=1S/C17H23N3O2/c1-2-15-17(18-5-1)14(12-20-6-10-22-11-7-20)16(19-15)13-3-8-21-9-4-13/h1-2,5,13,19H,3-4,6-12H2. The summed E-state index contributed by atoms with van der Waals surface area (Å²) in [5.74, 6) is 0.569. The molecule has 2 saturated heterocycles. The lowest BCUT2D eigenvalue weighted by Crippen LogP contribution is -2.36. The van der Waals surface area contributed by atoms with Crippen molar-refractivity contribution in [2.24, 2.45) is 0 Å². The minimum Gasteiger partial charge on any atom is -0.381 e. The van der Waals surface area contributed by atoms with Crippen LogP contribution in [0, 0.1) is 0 Å². The molecule has 1 N–H and O–H groups in total. The second-order valence-corrected chi connectivity index (χ2v) is 6.19. The third-order valence-electron chi connectivity index (χ3n) is 4.80. The van der Waals surface area contributed by atoms with Gasteiger partial charge in [-0.05, 0) is 25.0 Å². The van der Waals surface area contributed by atoms with Gasteiger partial charge < -0.3 is 14.5 Å². The van der Waals surface area contributed by atoms with E-state index in [-0.39, 0.29) is 0 Å². The van der Waals surface area contributed by atoms with E-state index < -0.39 is 0 Å². The van der Waals surface area contributed by atoms with Crippen LogP contribution in [0.3, 0.4) is 0 Å². The summed E-state index contributed by atoms with van der Waals surface area (Å²) in [6.07, 6.45) is 4.10. The number of aromatic nitrogens is 2. The molecule has 4 heterocycles. The van der Waals surface area contributed by atoms with Gasteiger partial charge in [0.1, 0.15) is 0 Å². The molecular formula is C17H23N3O2. The Kier molecular flexibility index (Phi) is 4.10. The number of nitrogens with one attached hydrogen (secondary N) is 1. The summed E-state index contributed by atoms with van der Waals surface area (Å²) < 4.78 is 11.0. The van der Waals surface area contributed by atoms with Crippen molar-refractivity contribution < 1.29 is 9.47 Å². The highest BCUT2D eigenvalue weighted by molar-refractivity contribution is 5.80. The molecule has 0 aromatic carbocycles. The normalized spacial score (nSPS) is 21.5. The number of morpholine rings is 1. The Morgan fingerprint density at radius 3 is 2.73 bits per heavy atom. The number of pyridine rings is 1. The highest BCUT2D eigenvalue weighted by Gasteiger charge is 2.24. The molecule has 2 aliphatic heterocycles. The van der Waals surface area contributed by atoms with Crippen LogP contribution in [0.2, 0.25) is 0 Å². The summed E-state index contributed by atoms with van der Waals surface area (Å²) in [5.41, 5.74) is 5.05. The predicted octanol–water partition coefficient (Wildman–Crippen LogP) is 2.29. The molecule has 4 rings (SSSR count). The van der Waals surface area contributed by atoms with Gasteiger partial charge in [0, 0.05) is 56.2 Å². The van der Waals surface area contributed by atoms with E-state index in [2.05, 4.69) is 20.9 Å². The summed E-state index contributed by atoms with van der Waals surface area (Å²) in [4.78, 5) is 10.8. The number of hydrogen-bond donors (Lipinski definition) is 1. The SMILES string of the molecule is c1cnc2c(CN3CCOCC3)c(C3CCOCC3)[nH]c2c1. The van der Waals surface area contributed by atoms with Gasteiger partial charge in [-0.1, -0.05) is 0 Å². The van der Waals surface area contributed by atoms with Gasteiger partial charge in [-0.25, -0.2) is 0 Å². The van der Waals surface area contributed by atoms with Crippen LogP contribution in [0.15, 0.2) is 18.3 Å². The first-order valence-electron chi connectivity index (χ1n) is 8.25. The fourth-order valence-corrected chi connectivity index (χ4v) is 3.57. The maximum absolute atomic E-state index is 5.53. The zero-order chi connectivity index (χ0) is 14.8. The van der Waals surface area contributed by atoms with Crippen molar-refractivity contribution in [2.75, 3.05) is 39.5 Å². The van der Waals surface area contributed by atoms with E-state index >= 15 is 0 Å². The Morgan fingerprint density at radius 1 is 1.14 bits per heavy atom. The number of rotatable bonds is 3. The molecule has 5 nitrogen and oxygen atoms in total. The minimum absolute atomic E-state index is 0.569. The molecule has 0 amide bonds. The monoisotopic (exact) mass is 301 g/mol. The average Bonchev–Trinajstić information content (AvgIpc) is 2.95. The van der Waals surface area contributed by atoms with Gasteiger partial charge in [0.2, 0.25) is 0 Å². The topological polar surface area (TPSA) is 50.4 Å². The molecule has 0 saturated carbocycles. The quantitative estimate of drug-likeness (QED) is 0.945. The van der Waals surface area contributed by atoms with Crippen molar-refractivity contribution in [3.8, 4) is 0 Å². The second kappa shape index (κ2) is 6.36. The zero-order valence-corrected chi connectivity index (χ0v) is 12.9. The highest BCUT2D eigenvalue weighted by Crippen LogP contribution is 2.33. The molecule has 2 aromatic heterocycles. The van der Waals surface area contributed by atoms with E-state index in [9.17, 15) is 0 Å². The molecule has 0 bridgehead atoms. The number of nitrogens with zero attached hydrogens (tertiary/aromatic N) is 2. The van der Waals surface area contributed by atoms with Gasteiger partial charge in [-0.3, -0.25) is 9.88 Å². The third-order valence-corrected chi connectivity index (χ3v) is 4.80. The van der Waals surface area contributed by atoms with Gasteiger partial charge in [0.15, 0.2) is 0 Å². The number of fused-ring (bicyclic) bond motifs is 1. The molecular weight excluding hydrogens is 278 g/mol. The molecule has 2 aliphatic rings. The number of ether oxygens (including phenoxy) is 2. The van der Waals surface area contributed by atoms with E-state index in [4.69, 9.17) is 9.47 Å². The largest absolute Gasteiger partial charge is 0.381 e. The number of H-pyrrole nitrogens is 1. The summed E-state index contributed by atoms with van der Waals surface area (Å²) in [6, 6.07) is 4.14. The lowest BCUT2D eigenvalue weighted by atomic mass is 9.93. The number of aromatic amines is 1. The summed E-state index contributed by atoms with van der Waals surface area (Å²) in [6.45, 7) is 6.38. The average molecular weight is 301 g/mol. The van der Waals surface area contributed by atoms with Crippen molar-refractivity contribution in [2.45, 2.75) is 25.3 Å². The van der Waals surface area contributed by atoms with Crippen LogP contribution in [0.5, 0.6) is 0 Å². The van der Waals surface area contributed by atoms with E-state index in [1.165, 1.54) is 11.3 Å². The molecule has 0 aliphatic carbocycles. The minimum atomic E-state index is 0.569. The summed E-state index contributed by atoms with van der Waals surface area (Å²) >= 11 is 0. The van der Waals surface area contributed by atoms with Crippen LogP contribution in [0.1, 0.15) is 30.0 Å². The molecule has 2 fully saturated rings. The summed E-state index contributed by atoms with van der Waals surface area (Å²) in [5, 5.41) is 0. The van der Waals surface area contributed by atoms with Crippen LogP contribution in [-0.2, 0) is 16.0 Å².